The molecule has 0 radical (unpaired) electrons. The number of amides is 1. The maximum atomic E-state index is 13.5. The summed E-state index contributed by atoms with van der Waals surface area (Å²) in [7, 11) is 0. The third-order valence-corrected chi connectivity index (χ3v) is 2.82. The van der Waals surface area contributed by atoms with Gasteiger partial charge >= 0.3 is 0 Å². The van der Waals surface area contributed by atoms with Crippen molar-refractivity contribution in [3.8, 4) is 0 Å². The molecule has 0 heterocycles. The summed E-state index contributed by atoms with van der Waals surface area (Å²) in [6, 6.07) is 9.48. The SMILES string of the molecule is O=C(c1ccccc1F)N(O)c1cc(Cl)cc(Cl)c1. The molecule has 0 saturated heterocycles. The lowest BCUT2D eigenvalue weighted by Gasteiger charge is -2.16. The third kappa shape index (κ3) is 3.04. The molecule has 0 spiro atoms. The van der Waals surface area contributed by atoms with E-state index in [1.807, 2.05) is 0 Å². The van der Waals surface area contributed by atoms with Crippen molar-refractivity contribution in [2.75, 3.05) is 5.06 Å². The maximum absolute atomic E-state index is 13.5. The van der Waals surface area contributed by atoms with E-state index in [4.69, 9.17) is 23.2 Å². The van der Waals surface area contributed by atoms with Crippen molar-refractivity contribution in [2.45, 2.75) is 0 Å². The predicted octanol–water partition coefficient (Wildman–Crippen LogP) is 4.17. The van der Waals surface area contributed by atoms with Crippen LogP contribution in [0.15, 0.2) is 42.5 Å². The number of halogens is 3. The van der Waals surface area contributed by atoms with Crippen molar-refractivity contribution < 1.29 is 14.4 Å². The molecule has 0 aliphatic heterocycles. The molecule has 98 valence electrons. The van der Waals surface area contributed by atoms with Gasteiger partial charge in [0.05, 0.1) is 11.3 Å². The predicted molar refractivity (Wildman–Crippen MR) is 71.5 cm³/mol. The first-order valence-corrected chi connectivity index (χ1v) is 5.98. The van der Waals surface area contributed by atoms with Gasteiger partial charge in [0, 0.05) is 10.0 Å². The smallest absolute Gasteiger partial charge is 0.281 e. The van der Waals surface area contributed by atoms with Crippen LogP contribution in [0.3, 0.4) is 0 Å². The average Bonchev–Trinajstić information content (AvgIpc) is 2.36. The van der Waals surface area contributed by atoms with E-state index in [2.05, 4.69) is 0 Å². The van der Waals surface area contributed by atoms with Crippen LogP contribution in [0, 0.1) is 5.82 Å². The zero-order chi connectivity index (χ0) is 14.0. The molecule has 0 atom stereocenters. The molecule has 1 N–H and O–H groups in total. The van der Waals surface area contributed by atoms with E-state index in [9.17, 15) is 14.4 Å². The van der Waals surface area contributed by atoms with Crippen molar-refractivity contribution in [2.24, 2.45) is 0 Å². The van der Waals surface area contributed by atoms with Gasteiger partial charge in [-0.1, -0.05) is 35.3 Å². The van der Waals surface area contributed by atoms with Crippen molar-refractivity contribution in [1.29, 1.82) is 0 Å². The topological polar surface area (TPSA) is 40.5 Å². The van der Waals surface area contributed by atoms with Crippen molar-refractivity contribution in [1.82, 2.24) is 0 Å². The van der Waals surface area contributed by atoms with Crippen LogP contribution in [-0.2, 0) is 0 Å². The van der Waals surface area contributed by atoms with Crippen LogP contribution in [0.4, 0.5) is 10.1 Å². The van der Waals surface area contributed by atoms with Crippen molar-refractivity contribution in [3.05, 3.63) is 63.9 Å². The van der Waals surface area contributed by atoms with Gasteiger partial charge in [0.25, 0.3) is 5.91 Å². The molecular formula is C13H8Cl2FNO2. The highest BCUT2D eigenvalue weighted by Gasteiger charge is 2.19. The van der Waals surface area contributed by atoms with Gasteiger partial charge in [0.15, 0.2) is 0 Å². The van der Waals surface area contributed by atoms with E-state index in [-0.39, 0.29) is 21.3 Å². The number of carbonyl (C=O) groups excluding carboxylic acids is 1. The fourth-order valence-corrected chi connectivity index (χ4v) is 2.04. The Morgan fingerprint density at radius 2 is 1.68 bits per heavy atom. The number of hydrogen-bond donors (Lipinski definition) is 1. The van der Waals surface area contributed by atoms with Gasteiger partial charge in [-0.3, -0.25) is 10.0 Å². The second-order valence-electron chi connectivity index (χ2n) is 3.72. The highest BCUT2D eigenvalue weighted by Crippen LogP contribution is 2.25. The van der Waals surface area contributed by atoms with Gasteiger partial charge in [0.1, 0.15) is 5.82 Å². The summed E-state index contributed by atoms with van der Waals surface area (Å²) in [5.74, 6) is -1.63. The van der Waals surface area contributed by atoms with Gasteiger partial charge in [-0.15, -0.1) is 0 Å². The van der Waals surface area contributed by atoms with Gasteiger partial charge in [0.2, 0.25) is 0 Å². The Morgan fingerprint density at radius 1 is 1.11 bits per heavy atom. The summed E-state index contributed by atoms with van der Waals surface area (Å²) in [5.41, 5.74) is -0.188. The van der Waals surface area contributed by atoms with Gasteiger partial charge in [-0.05, 0) is 30.3 Å². The van der Waals surface area contributed by atoms with E-state index in [0.717, 1.165) is 6.07 Å². The van der Waals surface area contributed by atoms with Crippen LogP contribution in [-0.4, -0.2) is 11.1 Å². The lowest BCUT2D eigenvalue weighted by atomic mass is 10.2. The molecule has 0 bridgehead atoms. The molecule has 2 rings (SSSR count). The quantitative estimate of drug-likeness (QED) is 0.668. The highest BCUT2D eigenvalue weighted by atomic mass is 35.5. The molecule has 0 aliphatic carbocycles. The maximum Gasteiger partial charge on any atom is 0.284 e. The van der Waals surface area contributed by atoms with E-state index in [1.165, 1.54) is 36.4 Å². The van der Waals surface area contributed by atoms with Gasteiger partial charge < -0.3 is 0 Å². The lowest BCUT2D eigenvalue weighted by Crippen LogP contribution is -2.27. The number of nitrogens with zero attached hydrogens (tertiary/aromatic N) is 1. The Kier molecular flexibility index (Phi) is 4.04. The van der Waals surface area contributed by atoms with Crippen LogP contribution < -0.4 is 5.06 Å². The molecular weight excluding hydrogens is 292 g/mol. The van der Waals surface area contributed by atoms with E-state index < -0.39 is 11.7 Å². The molecule has 19 heavy (non-hydrogen) atoms. The number of hydrogen-bond acceptors (Lipinski definition) is 2. The highest BCUT2D eigenvalue weighted by molar-refractivity contribution is 6.35. The molecule has 2 aromatic carbocycles. The number of anilines is 1. The van der Waals surface area contributed by atoms with E-state index in [1.54, 1.807) is 0 Å². The van der Waals surface area contributed by atoms with Crippen LogP contribution >= 0.6 is 23.2 Å². The Morgan fingerprint density at radius 3 is 2.26 bits per heavy atom. The number of benzene rings is 2. The normalized spacial score (nSPS) is 10.3. The Labute approximate surface area is 118 Å². The van der Waals surface area contributed by atoms with Gasteiger partial charge in [-0.2, -0.15) is 5.06 Å². The van der Waals surface area contributed by atoms with Crippen LogP contribution in [0.1, 0.15) is 10.4 Å². The molecule has 0 aliphatic rings. The zero-order valence-electron chi connectivity index (χ0n) is 9.48. The molecule has 1 amide bonds. The van der Waals surface area contributed by atoms with Gasteiger partial charge in [-0.25, -0.2) is 4.39 Å². The standard InChI is InChI=1S/C13H8Cl2FNO2/c14-8-5-9(15)7-10(6-8)17(19)13(18)11-3-1-2-4-12(11)16/h1-7,19H. The minimum absolute atomic E-state index is 0.0609. The van der Waals surface area contributed by atoms with Crippen LogP contribution in [0.2, 0.25) is 10.0 Å². The molecule has 2 aromatic rings. The minimum Gasteiger partial charge on any atom is -0.281 e. The monoisotopic (exact) mass is 299 g/mol. The second kappa shape index (κ2) is 5.57. The van der Waals surface area contributed by atoms with Crippen molar-refractivity contribution >= 4 is 34.8 Å². The average molecular weight is 300 g/mol. The molecule has 0 fully saturated rings. The first-order valence-electron chi connectivity index (χ1n) is 5.23. The fourth-order valence-electron chi connectivity index (χ4n) is 1.53. The summed E-state index contributed by atoms with van der Waals surface area (Å²) in [6.07, 6.45) is 0. The van der Waals surface area contributed by atoms with Crippen LogP contribution in [0.5, 0.6) is 0 Å². The number of hydroxylamine groups is 1. The fraction of sp³-hybridized carbons (Fsp3) is 0. The summed E-state index contributed by atoms with van der Waals surface area (Å²) in [5, 5.41) is 10.6. The summed E-state index contributed by atoms with van der Waals surface area (Å²) in [6.45, 7) is 0. The second-order valence-corrected chi connectivity index (χ2v) is 4.60. The molecule has 6 heteroatoms. The summed E-state index contributed by atoms with van der Waals surface area (Å²) < 4.78 is 13.5. The number of rotatable bonds is 2. The lowest BCUT2D eigenvalue weighted by molar-refractivity contribution is 0.0850. The number of carbonyl (C=O) groups is 1. The van der Waals surface area contributed by atoms with E-state index >= 15 is 0 Å². The first kappa shape index (κ1) is 13.8. The summed E-state index contributed by atoms with van der Waals surface area (Å²) in [4.78, 5) is 11.9. The Balaban J connectivity index is 2.36. The Bertz CT molecular complexity index is 614. The third-order valence-electron chi connectivity index (χ3n) is 2.39. The van der Waals surface area contributed by atoms with Crippen molar-refractivity contribution in [3.63, 3.8) is 0 Å². The zero-order valence-corrected chi connectivity index (χ0v) is 11.0. The van der Waals surface area contributed by atoms with E-state index in [0.29, 0.717) is 5.06 Å². The van der Waals surface area contributed by atoms with Crippen LogP contribution in [0.25, 0.3) is 0 Å². The molecule has 0 aromatic heterocycles. The first-order chi connectivity index (χ1) is 8.99. The summed E-state index contributed by atoms with van der Waals surface area (Å²) >= 11 is 11.5. The minimum atomic E-state index is -0.906. The largest absolute Gasteiger partial charge is 0.284 e. The Hall–Kier alpha value is -1.62. The molecule has 0 unspecified atom stereocenters. The molecule has 0 saturated carbocycles. The molecule has 3 nitrogen and oxygen atoms in total.